The number of aromatic nitrogens is 2. The van der Waals surface area contributed by atoms with Crippen molar-refractivity contribution in [1.82, 2.24) is 19.8 Å². The number of carbonyl (C=O) groups is 1. The highest BCUT2D eigenvalue weighted by molar-refractivity contribution is 5.78. The lowest BCUT2D eigenvalue weighted by atomic mass is 10.1. The van der Waals surface area contributed by atoms with E-state index in [0.717, 1.165) is 16.8 Å². The summed E-state index contributed by atoms with van der Waals surface area (Å²) < 4.78 is 5.86. The van der Waals surface area contributed by atoms with Crippen LogP contribution < -0.4 is 0 Å². The molecule has 0 bridgehead atoms. The van der Waals surface area contributed by atoms with Gasteiger partial charge in [-0.25, -0.2) is 0 Å². The van der Waals surface area contributed by atoms with Gasteiger partial charge in [-0.1, -0.05) is 6.07 Å². The Hall–Kier alpha value is -2.31. The maximum atomic E-state index is 12.6. The summed E-state index contributed by atoms with van der Waals surface area (Å²) in [6.45, 7) is 4.84. The third-order valence-electron chi connectivity index (χ3n) is 4.29. The van der Waals surface area contributed by atoms with E-state index in [-0.39, 0.29) is 12.0 Å². The van der Waals surface area contributed by atoms with Crippen LogP contribution in [0.1, 0.15) is 22.9 Å². The maximum Gasteiger partial charge on any atom is 0.236 e. The minimum atomic E-state index is -0.0805. The molecular formula is C19H24N4O2. The average molecular weight is 340 g/mol. The van der Waals surface area contributed by atoms with E-state index in [4.69, 9.17) is 4.74 Å². The molecule has 0 aromatic carbocycles. The summed E-state index contributed by atoms with van der Waals surface area (Å²) in [6.07, 6.45) is 5.29. The van der Waals surface area contributed by atoms with E-state index in [9.17, 15) is 4.79 Å². The van der Waals surface area contributed by atoms with E-state index in [1.165, 1.54) is 0 Å². The second kappa shape index (κ2) is 8.18. The highest BCUT2D eigenvalue weighted by atomic mass is 16.5. The molecule has 1 atom stereocenters. The molecule has 3 heterocycles. The van der Waals surface area contributed by atoms with E-state index in [1.54, 1.807) is 12.4 Å². The van der Waals surface area contributed by atoms with Crippen molar-refractivity contribution >= 4 is 5.91 Å². The first-order valence-electron chi connectivity index (χ1n) is 8.51. The molecule has 0 N–H and O–H groups in total. The number of ether oxygens (including phenoxy) is 1. The number of hydrogen-bond acceptors (Lipinski definition) is 5. The lowest BCUT2D eigenvalue weighted by molar-refractivity contribution is -0.140. The van der Waals surface area contributed by atoms with E-state index < -0.39 is 0 Å². The summed E-state index contributed by atoms with van der Waals surface area (Å²) in [5, 5.41) is 0. The predicted octanol–water partition coefficient (Wildman–Crippen LogP) is 1.82. The number of likely N-dealkylation sites (N-methyl/N-ethyl adjacent to an activating group) is 1. The van der Waals surface area contributed by atoms with Crippen LogP contribution in [0, 0.1) is 6.92 Å². The predicted molar refractivity (Wildman–Crippen MR) is 94.8 cm³/mol. The summed E-state index contributed by atoms with van der Waals surface area (Å²) in [7, 11) is 1.95. The second-order valence-corrected chi connectivity index (χ2v) is 6.46. The van der Waals surface area contributed by atoms with Crippen molar-refractivity contribution in [3.8, 4) is 0 Å². The molecule has 6 heteroatoms. The average Bonchev–Trinajstić information content (AvgIpc) is 2.62. The molecule has 1 aliphatic heterocycles. The summed E-state index contributed by atoms with van der Waals surface area (Å²) in [5.74, 6) is 0.130. The van der Waals surface area contributed by atoms with Gasteiger partial charge in [0.2, 0.25) is 5.91 Å². The molecule has 1 fully saturated rings. The molecule has 2 aromatic heterocycles. The van der Waals surface area contributed by atoms with Crippen LogP contribution in [-0.2, 0) is 16.1 Å². The highest BCUT2D eigenvalue weighted by Crippen LogP contribution is 2.22. The number of aryl methyl sites for hydroxylation is 1. The molecule has 0 aliphatic carbocycles. The van der Waals surface area contributed by atoms with Crippen molar-refractivity contribution in [3.63, 3.8) is 0 Å². The van der Waals surface area contributed by atoms with Gasteiger partial charge in [-0.3, -0.25) is 19.7 Å². The molecule has 0 spiro atoms. The van der Waals surface area contributed by atoms with Gasteiger partial charge in [0.05, 0.1) is 19.7 Å². The zero-order valence-electron chi connectivity index (χ0n) is 14.8. The minimum Gasteiger partial charge on any atom is -0.370 e. The number of hydrogen-bond donors (Lipinski definition) is 0. The van der Waals surface area contributed by atoms with Crippen LogP contribution in [0.4, 0.5) is 0 Å². The van der Waals surface area contributed by atoms with Crippen LogP contribution in [0.5, 0.6) is 0 Å². The maximum absolute atomic E-state index is 12.6. The molecule has 0 saturated carbocycles. The number of amides is 1. The summed E-state index contributed by atoms with van der Waals surface area (Å²) in [6, 6.07) is 7.91. The first-order valence-corrected chi connectivity index (χ1v) is 8.51. The van der Waals surface area contributed by atoms with Gasteiger partial charge in [0.1, 0.15) is 6.10 Å². The Labute approximate surface area is 148 Å². The van der Waals surface area contributed by atoms with Crippen molar-refractivity contribution in [2.45, 2.75) is 19.6 Å². The Kier molecular flexibility index (Phi) is 5.73. The SMILES string of the molecule is Cc1cc([C@H]2CN(C(=O)CN(C)Cc3cccnc3)CCO2)ccn1. The number of pyridine rings is 2. The third-order valence-corrected chi connectivity index (χ3v) is 4.29. The van der Waals surface area contributed by atoms with Gasteiger partial charge in [-0.15, -0.1) is 0 Å². The monoisotopic (exact) mass is 340 g/mol. The van der Waals surface area contributed by atoms with Gasteiger partial charge in [0, 0.05) is 37.4 Å². The fourth-order valence-corrected chi connectivity index (χ4v) is 3.04. The number of morpholine rings is 1. The summed E-state index contributed by atoms with van der Waals surface area (Å²) in [4.78, 5) is 24.9. The largest absolute Gasteiger partial charge is 0.370 e. The summed E-state index contributed by atoms with van der Waals surface area (Å²) in [5.41, 5.74) is 3.14. The first kappa shape index (κ1) is 17.5. The van der Waals surface area contributed by atoms with Crippen LogP contribution in [-0.4, -0.2) is 59.0 Å². The number of carbonyl (C=O) groups excluding carboxylic acids is 1. The van der Waals surface area contributed by atoms with E-state index >= 15 is 0 Å². The van der Waals surface area contributed by atoms with E-state index in [0.29, 0.717) is 32.8 Å². The smallest absolute Gasteiger partial charge is 0.236 e. The number of rotatable bonds is 5. The summed E-state index contributed by atoms with van der Waals surface area (Å²) >= 11 is 0. The topological polar surface area (TPSA) is 58.6 Å². The molecule has 3 rings (SSSR count). The van der Waals surface area contributed by atoms with Crippen LogP contribution in [0.25, 0.3) is 0 Å². The van der Waals surface area contributed by atoms with Gasteiger partial charge in [-0.2, -0.15) is 0 Å². The van der Waals surface area contributed by atoms with Gasteiger partial charge in [-0.05, 0) is 43.3 Å². The Morgan fingerprint density at radius 3 is 3.04 bits per heavy atom. The minimum absolute atomic E-state index is 0.0805. The zero-order chi connectivity index (χ0) is 17.6. The normalized spacial score (nSPS) is 17.7. The van der Waals surface area contributed by atoms with Crippen LogP contribution in [0.15, 0.2) is 42.9 Å². The molecule has 25 heavy (non-hydrogen) atoms. The quantitative estimate of drug-likeness (QED) is 0.831. The first-order chi connectivity index (χ1) is 12.1. The Bertz CT molecular complexity index is 708. The van der Waals surface area contributed by atoms with Gasteiger partial charge in [0.15, 0.2) is 0 Å². The molecule has 1 saturated heterocycles. The standard InChI is InChI=1S/C19H24N4O2/c1-15-10-17(5-7-21-15)18-13-23(8-9-25-18)19(24)14-22(2)12-16-4-3-6-20-11-16/h3-7,10-11,18H,8-9,12-14H2,1-2H3/t18-/m1/s1. The Morgan fingerprint density at radius 1 is 1.40 bits per heavy atom. The van der Waals surface area contributed by atoms with Crippen molar-refractivity contribution in [2.75, 3.05) is 33.3 Å². The van der Waals surface area contributed by atoms with Crippen LogP contribution in [0.3, 0.4) is 0 Å². The second-order valence-electron chi connectivity index (χ2n) is 6.46. The van der Waals surface area contributed by atoms with Gasteiger partial charge >= 0.3 is 0 Å². The van der Waals surface area contributed by atoms with Crippen LogP contribution in [0.2, 0.25) is 0 Å². The lowest BCUT2D eigenvalue weighted by Crippen LogP contribution is -2.46. The molecule has 0 radical (unpaired) electrons. The fraction of sp³-hybridized carbons (Fsp3) is 0.421. The van der Waals surface area contributed by atoms with Crippen LogP contribution >= 0.6 is 0 Å². The van der Waals surface area contributed by atoms with E-state index in [1.807, 2.05) is 54.2 Å². The van der Waals surface area contributed by atoms with Crippen molar-refractivity contribution < 1.29 is 9.53 Å². The lowest BCUT2D eigenvalue weighted by Gasteiger charge is -2.34. The fourth-order valence-electron chi connectivity index (χ4n) is 3.04. The van der Waals surface area contributed by atoms with Crippen molar-refractivity contribution in [3.05, 3.63) is 59.7 Å². The molecular weight excluding hydrogens is 316 g/mol. The molecule has 6 nitrogen and oxygen atoms in total. The molecule has 1 amide bonds. The van der Waals surface area contributed by atoms with Gasteiger partial charge in [0.25, 0.3) is 0 Å². The molecule has 1 aliphatic rings. The van der Waals surface area contributed by atoms with Crippen molar-refractivity contribution in [2.24, 2.45) is 0 Å². The molecule has 2 aromatic rings. The highest BCUT2D eigenvalue weighted by Gasteiger charge is 2.26. The Morgan fingerprint density at radius 2 is 2.28 bits per heavy atom. The molecule has 132 valence electrons. The Balaban J connectivity index is 1.56. The number of nitrogens with zero attached hydrogens (tertiary/aromatic N) is 4. The molecule has 0 unspecified atom stereocenters. The van der Waals surface area contributed by atoms with Crippen molar-refractivity contribution in [1.29, 1.82) is 0 Å². The van der Waals surface area contributed by atoms with E-state index in [2.05, 4.69) is 9.97 Å². The van der Waals surface area contributed by atoms with Gasteiger partial charge < -0.3 is 9.64 Å². The zero-order valence-corrected chi connectivity index (χ0v) is 14.8. The third kappa shape index (κ3) is 4.84.